The Kier molecular flexibility index (Phi) is 6.52. The second-order valence-electron chi connectivity index (χ2n) is 5.53. The normalized spacial score (nSPS) is 13.8. The molecule has 0 radical (unpaired) electrons. The Balaban J connectivity index is 0.00000225. The minimum atomic E-state index is -0.508. The molecule has 0 unspecified atom stereocenters. The van der Waals surface area contributed by atoms with Crippen molar-refractivity contribution in [3.8, 4) is 5.69 Å². The molecule has 2 N–H and O–H groups in total. The van der Waals surface area contributed by atoms with Crippen molar-refractivity contribution in [2.24, 2.45) is 0 Å². The quantitative estimate of drug-likeness (QED) is 0.792. The Morgan fingerprint density at radius 2 is 2.28 bits per heavy atom. The van der Waals surface area contributed by atoms with Gasteiger partial charge in [0.2, 0.25) is 0 Å². The Hall–Kier alpha value is -1.96. The minimum Gasteiger partial charge on any atom is -0.347 e. The van der Waals surface area contributed by atoms with E-state index in [9.17, 15) is 9.18 Å². The lowest BCUT2D eigenvalue weighted by Crippen LogP contribution is -2.30. The lowest BCUT2D eigenvalue weighted by molar-refractivity contribution is 0.0951. The summed E-state index contributed by atoms with van der Waals surface area (Å²) in [4.78, 5) is 12.3. The number of amides is 1. The average molecular weight is 386 g/mol. The van der Waals surface area contributed by atoms with E-state index in [1.807, 2.05) is 0 Å². The van der Waals surface area contributed by atoms with Crippen LogP contribution < -0.4 is 10.6 Å². The fourth-order valence-corrected chi connectivity index (χ4v) is 2.68. The van der Waals surface area contributed by atoms with Crippen LogP contribution in [0.15, 0.2) is 29.8 Å². The van der Waals surface area contributed by atoms with Crippen molar-refractivity contribution in [2.45, 2.75) is 13.3 Å². The first-order valence-electron chi connectivity index (χ1n) is 7.61. The molecule has 1 aliphatic heterocycles. The highest BCUT2D eigenvalue weighted by Crippen LogP contribution is 2.20. The van der Waals surface area contributed by atoms with E-state index >= 15 is 0 Å². The number of carbonyl (C=O) groups excluding carboxylic acids is 1. The van der Waals surface area contributed by atoms with Crippen molar-refractivity contribution in [3.05, 3.63) is 52.1 Å². The lowest BCUT2D eigenvalue weighted by Gasteiger charge is -2.14. The summed E-state index contributed by atoms with van der Waals surface area (Å²) in [6.07, 6.45) is 2.99. The molecule has 1 aliphatic rings. The first-order valence-corrected chi connectivity index (χ1v) is 7.98. The van der Waals surface area contributed by atoms with Gasteiger partial charge in [-0.05, 0) is 38.1 Å². The molecular weight excluding hydrogens is 368 g/mol. The van der Waals surface area contributed by atoms with Crippen LogP contribution in [-0.2, 0) is 0 Å². The summed E-state index contributed by atoms with van der Waals surface area (Å²) in [6, 6.07) is 4.23. The molecule has 2 aromatic rings. The molecule has 1 amide bonds. The first kappa shape index (κ1) is 19.4. The van der Waals surface area contributed by atoms with Crippen LogP contribution in [0.25, 0.3) is 5.69 Å². The van der Waals surface area contributed by atoms with Crippen molar-refractivity contribution in [2.75, 3.05) is 19.6 Å². The van der Waals surface area contributed by atoms with Gasteiger partial charge in [-0.25, -0.2) is 9.07 Å². The number of hydrogen-bond acceptors (Lipinski definition) is 4. The molecule has 6 nitrogen and oxygen atoms in total. The molecule has 134 valence electrons. The van der Waals surface area contributed by atoms with E-state index in [2.05, 4.69) is 27.0 Å². The van der Waals surface area contributed by atoms with Gasteiger partial charge in [0.15, 0.2) is 5.69 Å². The predicted molar refractivity (Wildman–Crippen MR) is 96.2 cm³/mol. The Bertz CT molecular complexity index is 806. The molecule has 0 aliphatic carbocycles. The average Bonchev–Trinajstić information content (AvgIpc) is 2.98. The van der Waals surface area contributed by atoms with Gasteiger partial charge >= 0.3 is 0 Å². The van der Waals surface area contributed by atoms with Crippen LogP contribution in [0.4, 0.5) is 4.39 Å². The van der Waals surface area contributed by atoms with Crippen LogP contribution in [0.3, 0.4) is 0 Å². The second-order valence-corrected chi connectivity index (χ2v) is 5.94. The van der Waals surface area contributed by atoms with Crippen molar-refractivity contribution in [1.29, 1.82) is 0 Å². The molecule has 0 fully saturated rings. The molecule has 1 aromatic heterocycles. The van der Waals surface area contributed by atoms with Crippen LogP contribution in [0.2, 0.25) is 5.02 Å². The van der Waals surface area contributed by atoms with E-state index in [0.29, 0.717) is 17.9 Å². The Labute approximate surface area is 155 Å². The van der Waals surface area contributed by atoms with Crippen LogP contribution in [0.5, 0.6) is 0 Å². The SMILES string of the molecule is Cc1c(C(=O)NCC2=CCNCC2)nnn1-c1ccc(F)c(Cl)c1.Cl. The number of benzene rings is 1. The zero-order valence-corrected chi connectivity index (χ0v) is 15.1. The van der Waals surface area contributed by atoms with E-state index in [0.717, 1.165) is 19.5 Å². The summed E-state index contributed by atoms with van der Waals surface area (Å²) in [5.74, 6) is -0.794. The highest BCUT2D eigenvalue weighted by molar-refractivity contribution is 6.30. The van der Waals surface area contributed by atoms with E-state index in [-0.39, 0.29) is 29.0 Å². The smallest absolute Gasteiger partial charge is 0.274 e. The topological polar surface area (TPSA) is 71.8 Å². The molecule has 9 heteroatoms. The van der Waals surface area contributed by atoms with Gasteiger partial charge in [-0.15, -0.1) is 17.5 Å². The van der Waals surface area contributed by atoms with Gasteiger partial charge in [0, 0.05) is 13.1 Å². The summed E-state index contributed by atoms with van der Waals surface area (Å²) in [5.41, 5.74) is 2.54. The number of rotatable bonds is 4. The summed E-state index contributed by atoms with van der Waals surface area (Å²) >= 11 is 5.79. The maximum atomic E-state index is 13.3. The standard InChI is InChI=1S/C16H17ClFN5O.ClH/c1-10-15(16(24)20-9-11-4-6-19-7-5-11)21-22-23(10)12-2-3-14(18)13(17)8-12;/h2-4,8,19H,5-7,9H2,1H3,(H,20,24);1H. The summed E-state index contributed by atoms with van der Waals surface area (Å²) in [7, 11) is 0. The first-order chi connectivity index (χ1) is 11.6. The van der Waals surface area contributed by atoms with Crippen molar-refractivity contribution < 1.29 is 9.18 Å². The number of nitrogens with zero attached hydrogens (tertiary/aromatic N) is 3. The molecule has 0 spiro atoms. The van der Waals surface area contributed by atoms with Gasteiger partial charge in [-0.3, -0.25) is 4.79 Å². The van der Waals surface area contributed by atoms with E-state index in [1.165, 1.54) is 28.5 Å². The van der Waals surface area contributed by atoms with Crippen LogP contribution in [0, 0.1) is 12.7 Å². The van der Waals surface area contributed by atoms with Crippen LogP contribution in [0.1, 0.15) is 22.6 Å². The van der Waals surface area contributed by atoms with Gasteiger partial charge in [-0.2, -0.15) is 0 Å². The summed E-state index contributed by atoms with van der Waals surface area (Å²) in [5, 5.41) is 14.0. The third-order valence-electron chi connectivity index (χ3n) is 3.89. The molecule has 1 aromatic carbocycles. The third-order valence-corrected chi connectivity index (χ3v) is 4.18. The van der Waals surface area contributed by atoms with Gasteiger partial charge in [0.1, 0.15) is 5.82 Å². The molecular formula is C16H18Cl2FN5O. The van der Waals surface area contributed by atoms with Crippen molar-refractivity contribution in [3.63, 3.8) is 0 Å². The zero-order chi connectivity index (χ0) is 17.1. The van der Waals surface area contributed by atoms with Crippen LogP contribution >= 0.6 is 24.0 Å². The van der Waals surface area contributed by atoms with Crippen LogP contribution in [-0.4, -0.2) is 40.5 Å². The second kappa shape index (κ2) is 8.42. The third kappa shape index (κ3) is 4.36. The number of halogens is 3. The Morgan fingerprint density at radius 3 is 2.96 bits per heavy atom. The minimum absolute atomic E-state index is 0. The number of aromatic nitrogens is 3. The largest absolute Gasteiger partial charge is 0.347 e. The zero-order valence-electron chi connectivity index (χ0n) is 13.6. The monoisotopic (exact) mass is 385 g/mol. The maximum Gasteiger partial charge on any atom is 0.274 e. The fourth-order valence-electron chi connectivity index (χ4n) is 2.51. The molecule has 0 saturated heterocycles. The van der Waals surface area contributed by atoms with Gasteiger partial charge < -0.3 is 10.6 Å². The van der Waals surface area contributed by atoms with Gasteiger partial charge in [0.05, 0.1) is 16.4 Å². The fraction of sp³-hybridized carbons (Fsp3) is 0.312. The van der Waals surface area contributed by atoms with Crippen molar-refractivity contribution in [1.82, 2.24) is 25.6 Å². The van der Waals surface area contributed by atoms with E-state index in [1.54, 1.807) is 6.92 Å². The molecule has 0 bridgehead atoms. The summed E-state index contributed by atoms with van der Waals surface area (Å²) in [6.45, 7) is 3.97. The maximum absolute atomic E-state index is 13.3. The number of carbonyl (C=O) groups is 1. The van der Waals surface area contributed by atoms with Gasteiger partial charge in [-0.1, -0.05) is 28.5 Å². The molecule has 3 rings (SSSR count). The van der Waals surface area contributed by atoms with Gasteiger partial charge in [0.25, 0.3) is 5.91 Å². The lowest BCUT2D eigenvalue weighted by atomic mass is 10.1. The molecule has 0 saturated carbocycles. The predicted octanol–water partition coefficient (Wildman–Crippen LogP) is 2.44. The number of hydrogen-bond donors (Lipinski definition) is 2. The molecule has 25 heavy (non-hydrogen) atoms. The Morgan fingerprint density at radius 1 is 1.48 bits per heavy atom. The van der Waals surface area contributed by atoms with E-state index < -0.39 is 5.82 Å². The molecule has 0 atom stereocenters. The number of nitrogens with one attached hydrogen (secondary N) is 2. The highest BCUT2D eigenvalue weighted by Gasteiger charge is 2.18. The van der Waals surface area contributed by atoms with E-state index in [4.69, 9.17) is 11.6 Å². The molecule has 2 heterocycles. The van der Waals surface area contributed by atoms with Crippen molar-refractivity contribution >= 4 is 29.9 Å². The summed E-state index contributed by atoms with van der Waals surface area (Å²) < 4.78 is 14.7. The highest BCUT2D eigenvalue weighted by atomic mass is 35.5.